The van der Waals surface area contributed by atoms with E-state index in [1.807, 2.05) is 0 Å². The molecule has 2 rings (SSSR count). The van der Waals surface area contributed by atoms with E-state index >= 15 is 0 Å². The van der Waals surface area contributed by atoms with E-state index in [1.165, 1.54) is 19.2 Å². The molecule has 1 aromatic carbocycles. The predicted octanol–water partition coefficient (Wildman–Crippen LogP) is 0.447. The molecule has 1 heterocycles. The van der Waals surface area contributed by atoms with Crippen LogP contribution in [0.15, 0.2) is 18.2 Å². The minimum Gasteiger partial charge on any atom is -0.490 e. The van der Waals surface area contributed by atoms with Crippen molar-refractivity contribution in [2.24, 2.45) is 0 Å². The zero-order valence-corrected chi connectivity index (χ0v) is 11.8. The van der Waals surface area contributed by atoms with Crippen molar-refractivity contribution < 1.29 is 14.5 Å². The molecule has 0 atom stereocenters. The van der Waals surface area contributed by atoms with Crippen LogP contribution in [0.1, 0.15) is 0 Å². The summed E-state index contributed by atoms with van der Waals surface area (Å²) in [7, 11) is 1.37. The molecule has 0 saturated carbocycles. The molecule has 0 radical (unpaired) electrons. The van der Waals surface area contributed by atoms with Crippen molar-refractivity contribution in [2.75, 3.05) is 45.2 Å². The van der Waals surface area contributed by atoms with Gasteiger partial charge in [-0.05, 0) is 6.07 Å². The fraction of sp³-hybridized carbons (Fsp3) is 0.462. The van der Waals surface area contributed by atoms with Crippen molar-refractivity contribution in [1.82, 2.24) is 10.2 Å². The summed E-state index contributed by atoms with van der Waals surface area (Å²) in [5.41, 5.74) is 0.511. The normalized spacial score (nSPS) is 14.6. The summed E-state index contributed by atoms with van der Waals surface area (Å²) < 4.78 is 4.99. The summed E-state index contributed by atoms with van der Waals surface area (Å²) >= 11 is 0. The lowest BCUT2D eigenvalue weighted by atomic mass is 10.2. The van der Waals surface area contributed by atoms with Crippen molar-refractivity contribution >= 4 is 17.3 Å². The molecule has 8 heteroatoms. The van der Waals surface area contributed by atoms with Gasteiger partial charge in [-0.1, -0.05) is 0 Å². The van der Waals surface area contributed by atoms with Gasteiger partial charge in [-0.25, -0.2) is 0 Å². The van der Waals surface area contributed by atoms with Crippen LogP contribution in [-0.4, -0.2) is 55.6 Å². The number of hydrogen-bond donors (Lipinski definition) is 2. The van der Waals surface area contributed by atoms with Gasteiger partial charge < -0.3 is 20.3 Å². The van der Waals surface area contributed by atoms with Gasteiger partial charge in [0.15, 0.2) is 5.75 Å². The zero-order chi connectivity index (χ0) is 15.2. The number of ether oxygens (including phenoxy) is 1. The van der Waals surface area contributed by atoms with Gasteiger partial charge in [-0.3, -0.25) is 14.9 Å². The number of methoxy groups -OCH3 is 1. The van der Waals surface area contributed by atoms with Crippen LogP contribution in [-0.2, 0) is 4.79 Å². The molecule has 0 bridgehead atoms. The number of piperazine rings is 1. The summed E-state index contributed by atoms with van der Waals surface area (Å²) in [5.74, 6) is 0.174. The Kier molecular flexibility index (Phi) is 4.94. The molecule has 0 aromatic heterocycles. The highest BCUT2D eigenvalue weighted by atomic mass is 16.6. The number of carbonyl (C=O) groups excluding carboxylic acids is 1. The number of rotatable bonds is 5. The molecule has 1 aliphatic heterocycles. The summed E-state index contributed by atoms with van der Waals surface area (Å²) in [6.07, 6.45) is 0. The van der Waals surface area contributed by atoms with Crippen LogP contribution in [0.4, 0.5) is 11.4 Å². The second-order valence-corrected chi connectivity index (χ2v) is 4.63. The predicted molar refractivity (Wildman–Crippen MR) is 77.6 cm³/mol. The Labute approximate surface area is 122 Å². The molecule has 0 aliphatic carbocycles. The van der Waals surface area contributed by atoms with Gasteiger partial charge in [0.05, 0.1) is 18.6 Å². The van der Waals surface area contributed by atoms with Crippen LogP contribution in [0.25, 0.3) is 0 Å². The lowest BCUT2D eigenvalue weighted by Gasteiger charge is -2.27. The molecule has 0 unspecified atom stereocenters. The third-order valence-electron chi connectivity index (χ3n) is 3.29. The Bertz CT molecular complexity index is 529. The lowest BCUT2D eigenvalue weighted by molar-refractivity contribution is -0.385. The quantitative estimate of drug-likeness (QED) is 0.604. The van der Waals surface area contributed by atoms with Crippen molar-refractivity contribution in [3.05, 3.63) is 28.3 Å². The number of hydrogen-bond acceptors (Lipinski definition) is 6. The first-order valence-corrected chi connectivity index (χ1v) is 6.66. The minimum atomic E-state index is -0.505. The van der Waals surface area contributed by atoms with Gasteiger partial charge in [0, 0.05) is 44.0 Å². The molecule has 21 heavy (non-hydrogen) atoms. The van der Waals surface area contributed by atoms with Gasteiger partial charge in [0.1, 0.15) is 0 Å². The number of carbonyl (C=O) groups is 1. The standard InChI is InChI=1S/C13H18N4O4/c1-21-12-8-10(2-3-11(12)17(19)20)15-9-13(18)16-6-4-14-5-7-16/h2-3,8,14-15H,4-7,9H2,1H3. The maximum atomic E-state index is 12.0. The van der Waals surface area contributed by atoms with E-state index in [1.54, 1.807) is 11.0 Å². The van der Waals surface area contributed by atoms with Crippen LogP contribution in [0.3, 0.4) is 0 Å². The molecule has 1 aliphatic rings. The van der Waals surface area contributed by atoms with E-state index in [-0.39, 0.29) is 23.9 Å². The van der Waals surface area contributed by atoms with Crippen LogP contribution in [0.2, 0.25) is 0 Å². The number of nitro groups is 1. The number of amides is 1. The Hall–Kier alpha value is -2.35. The number of nitrogens with zero attached hydrogens (tertiary/aromatic N) is 2. The average molecular weight is 294 g/mol. The topological polar surface area (TPSA) is 96.7 Å². The maximum absolute atomic E-state index is 12.0. The molecule has 114 valence electrons. The fourth-order valence-corrected chi connectivity index (χ4v) is 2.14. The van der Waals surface area contributed by atoms with E-state index < -0.39 is 4.92 Å². The van der Waals surface area contributed by atoms with Gasteiger partial charge in [0.25, 0.3) is 0 Å². The molecule has 1 aromatic rings. The molecule has 1 amide bonds. The van der Waals surface area contributed by atoms with Crippen molar-refractivity contribution in [3.8, 4) is 5.75 Å². The van der Waals surface area contributed by atoms with Crippen LogP contribution in [0.5, 0.6) is 5.75 Å². The third kappa shape index (κ3) is 3.82. The minimum absolute atomic E-state index is 0.00817. The highest BCUT2D eigenvalue weighted by Crippen LogP contribution is 2.29. The van der Waals surface area contributed by atoms with E-state index in [9.17, 15) is 14.9 Å². The van der Waals surface area contributed by atoms with Crippen molar-refractivity contribution in [2.45, 2.75) is 0 Å². The number of nitrogens with one attached hydrogen (secondary N) is 2. The number of nitro benzene ring substituents is 1. The Morgan fingerprint density at radius 2 is 2.19 bits per heavy atom. The molecular weight excluding hydrogens is 276 g/mol. The monoisotopic (exact) mass is 294 g/mol. The van der Waals surface area contributed by atoms with E-state index in [0.29, 0.717) is 18.8 Å². The van der Waals surface area contributed by atoms with Crippen LogP contribution >= 0.6 is 0 Å². The summed E-state index contributed by atoms with van der Waals surface area (Å²) in [6.45, 7) is 3.16. The first-order valence-electron chi connectivity index (χ1n) is 6.66. The number of anilines is 1. The van der Waals surface area contributed by atoms with Crippen LogP contribution in [0, 0.1) is 10.1 Å². The Morgan fingerprint density at radius 3 is 2.81 bits per heavy atom. The summed E-state index contributed by atoms with van der Waals surface area (Å²) in [6, 6.07) is 4.44. The van der Waals surface area contributed by atoms with Crippen LogP contribution < -0.4 is 15.4 Å². The Balaban J connectivity index is 1.96. The van der Waals surface area contributed by atoms with Gasteiger partial charge in [-0.2, -0.15) is 0 Å². The largest absolute Gasteiger partial charge is 0.490 e. The first-order chi connectivity index (χ1) is 10.1. The fourth-order valence-electron chi connectivity index (χ4n) is 2.14. The maximum Gasteiger partial charge on any atom is 0.311 e. The SMILES string of the molecule is COc1cc(NCC(=O)N2CCNCC2)ccc1[N+](=O)[O-]. The molecule has 1 fully saturated rings. The smallest absolute Gasteiger partial charge is 0.311 e. The van der Waals surface area contributed by atoms with Gasteiger partial charge in [0.2, 0.25) is 5.91 Å². The summed E-state index contributed by atoms with van der Waals surface area (Å²) in [5, 5.41) is 17.0. The second kappa shape index (κ2) is 6.89. The van der Waals surface area contributed by atoms with Crippen molar-refractivity contribution in [3.63, 3.8) is 0 Å². The number of benzene rings is 1. The highest BCUT2D eigenvalue weighted by Gasteiger charge is 2.17. The molecule has 8 nitrogen and oxygen atoms in total. The molecule has 1 saturated heterocycles. The lowest BCUT2D eigenvalue weighted by Crippen LogP contribution is -2.48. The van der Waals surface area contributed by atoms with Crippen molar-refractivity contribution in [1.29, 1.82) is 0 Å². The van der Waals surface area contributed by atoms with E-state index in [2.05, 4.69) is 10.6 Å². The summed E-state index contributed by atoms with van der Waals surface area (Å²) in [4.78, 5) is 24.1. The zero-order valence-electron chi connectivity index (χ0n) is 11.8. The van der Waals surface area contributed by atoms with E-state index in [4.69, 9.17) is 4.74 Å². The third-order valence-corrected chi connectivity index (χ3v) is 3.29. The molecule has 2 N–H and O–H groups in total. The molecular formula is C13H18N4O4. The highest BCUT2D eigenvalue weighted by molar-refractivity contribution is 5.81. The van der Waals surface area contributed by atoms with Gasteiger partial charge in [-0.15, -0.1) is 0 Å². The first kappa shape index (κ1) is 15.0. The molecule has 0 spiro atoms. The van der Waals surface area contributed by atoms with E-state index in [0.717, 1.165) is 13.1 Å². The average Bonchev–Trinajstić information content (AvgIpc) is 2.52. The second-order valence-electron chi connectivity index (χ2n) is 4.63. The van der Waals surface area contributed by atoms with Gasteiger partial charge >= 0.3 is 5.69 Å². The Morgan fingerprint density at radius 1 is 1.48 bits per heavy atom.